The van der Waals surface area contributed by atoms with Crippen molar-refractivity contribution in [2.45, 2.75) is 37.2 Å². The quantitative estimate of drug-likeness (QED) is 0.388. The number of hydrogen-bond acceptors (Lipinski definition) is 4. The zero-order valence-electron chi connectivity index (χ0n) is 8.66. The predicted molar refractivity (Wildman–Crippen MR) is 59.2 cm³/mol. The van der Waals surface area contributed by atoms with Crippen LogP contribution in [0.2, 0.25) is 0 Å². The number of rotatable bonds is 3. The lowest BCUT2D eigenvalue weighted by Gasteiger charge is -2.37. The Kier molecular flexibility index (Phi) is 3.64. The maximum absolute atomic E-state index is 11.1. The van der Waals surface area contributed by atoms with Crippen molar-refractivity contribution in [3.05, 3.63) is 0 Å². The van der Waals surface area contributed by atoms with Gasteiger partial charge in [-0.15, -0.1) is 0 Å². The molecule has 0 amide bonds. The van der Waals surface area contributed by atoms with E-state index in [0.29, 0.717) is 0 Å². The topological polar surface area (TPSA) is 104 Å². The van der Waals surface area contributed by atoms with Gasteiger partial charge in [-0.2, -0.15) is 8.42 Å². The summed E-state index contributed by atoms with van der Waals surface area (Å²) in [5, 5.41) is 6.92. The molecule has 0 rings (SSSR count). The van der Waals surface area contributed by atoms with Gasteiger partial charge in [0.25, 0.3) is 10.1 Å². The Morgan fingerprint density at radius 2 is 1.71 bits per heavy atom. The molecule has 14 heavy (non-hydrogen) atoms. The third-order valence-corrected chi connectivity index (χ3v) is 5.63. The van der Waals surface area contributed by atoms with Crippen molar-refractivity contribution >= 4 is 27.0 Å². The molecule has 5 nitrogen and oxygen atoms in total. The molecule has 0 radical (unpaired) electrons. The van der Waals surface area contributed by atoms with Crippen molar-refractivity contribution < 1.29 is 13.0 Å². The Bertz CT molecular complexity index is 333. The van der Waals surface area contributed by atoms with E-state index in [1.807, 2.05) is 0 Å². The van der Waals surface area contributed by atoms with Gasteiger partial charge in [0.2, 0.25) is 0 Å². The van der Waals surface area contributed by atoms with Gasteiger partial charge in [0, 0.05) is 4.75 Å². The molecule has 0 aliphatic heterocycles. The van der Waals surface area contributed by atoms with Crippen molar-refractivity contribution in [3.8, 4) is 0 Å². The first-order chi connectivity index (χ1) is 5.92. The monoisotopic (exact) mass is 240 g/mol. The van der Waals surface area contributed by atoms with Gasteiger partial charge in [-0.3, -0.25) is 9.96 Å². The molecule has 0 aromatic heterocycles. The standard InChI is InChI=1S/C7H16N2O3S2/c1-6(2,13-5(8)9)7(3,4)14(10,11)12/h1-4H3,(H3,8,9)(H,10,11,12). The molecule has 0 atom stereocenters. The smallest absolute Gasteiger partial charge is 0.271 e. The fourth-order valence-corrected chi connectivity index (χ4v) is 2.57. The fraction of sp³-hybridized carbons (Fsp3) is 0.857. The van der Waals surface area contributed by atoms with Crippen molar-refractivity contribution in [3.63, 3.8) is 0 Å². The summed E-state index contributed by atoms with van der Waals surface area (Å²) in [5.74, 6) is 0. The van der Waals surface area contributed by atoms with E-state index in [4.69, 9.17) is 15.7 Å². The molecular formula is C7H16N2O3S2. The van der Waals surface area contributed by atoms with Crippen LogP contribution in [0.1, 0.15) is 27.7 Å². The van der Waals surface area contributed by atoms with E-state index in [2.05, 4.69) is 0 Å². The summed E-state index contributed by atoms with van der Waals surface area (Å²) in [7, 11) is -4.18. The normalized spacial score (nSPS) is 14.1. The lowest BCUT2D eigenvalue weighted by molar-refractivity contribution is 0.411. The summed E-state index contributed by atoms with van der Waals surface area (Å²) in [4.78, 5) is 0. The summed E-state index contributed by atoms with van der Waals surface area (Å²) in [6, 6.07) is 0. The van der Waals surface area contributed by atoms with E-state index < -0.39 is 19.6 Å². The molecule has 0 aliphatic carbocycles. The molecule has 0 fully saturated rings. The summed E-state index contributed by atoms with van der Waals surface area (Å²) in [6.07, 6.45) is 0. The average Bonchev–Trinajstić information content (AvgIpc) is 1.80. The summed E-state index contributed by atoms with van der Waals surface area (Å²) >= 11 is 0.912. The first kappa shape index (κ1) is 13.7. The zero-order valence-corrected chi connectivity index (χ0v) is 10.3. The van der Waals surface area contributed by atoms with Gasteiger partial charge in [0.05, 0.1) is 0 Å². The molecular weight excluding hydrogens is 224 g/mol. The highest BCUT2D eigenvalue weighted by atomic mass is 32.2. The molecule has 0 saturated heterocycles. The average molecular weight is 240 g/mol. The molecule has 0 saturated carbocycles. The van der Waals surface area contributed by atoms with Crippen LogP contribution in [0.25, 0.3) is 0 Å². The molecule has 0 aromatic rings. The minimum Gasteiger partial charge on any atom is -0.379 e. The summed E-state index contributed by atoms with van der Waals surface area (Å²) < 4.78 is 29.0. The van der Waals surface area contributed by atoms with Gasteiger partial charge in [-0.25, -0.2) is 0 Å². The van der Waals surface area contributed by atoms with Gasteiger partial charge in [-0.1, -0.05) is 11.8 Å². The Morgan fingerprint density at radius 3 is 1.93 bits per heavy atom. The summed E-state index contributed by atoms with van der Waals surface area (Å²) in [6.45, 7) is 6.04. The van der Waals surface area contributed by atoms with Crippen LogP contribution in [0.15, 0.2) is 0 Å². The second-order valence-corrected chi connectivity index (χ2v) is 7.60. The van der Waals surface area contributed by atoms with Crippen LogP contribution >= 0.6 is 11.8 Å². The number of nitrogens with two attached hydrogens (primary N) is 1. The van der Waals surface area contributed by atoms with Crippen LogP contribution in [0.4, 0.5) is 0 Å². The SMILES string of the molecule is CC(C)(SC(=N)N)C(C)(C)S(=O)(=O)O. The third-order valence-electron chi connectivity index (χ3n) is 2.46. The van der Waals surface area contributed by atoms with Crippen LogP contribution in [0.5, 0.6) is 0 Å². The maximum Gasteiger partial charge on any atom is 0.271 e. The molecule has 0 aliphatic rings. The first-order valence-electron chi connectivity index (χ1n) is 3.92. The van der Waals surface area contributed by atoms with E-state index >= 15 is 0 Å². The molecule has 0 unspecified atom stereocenters. The van der Waals surface area contributed by atoms with Crippen LogP contribution in [-0.2, 0) is 10.1 Å². The number of nitrogens with one attached hydrogen (secondary N) is 1. The van der Waals surface area contributed by atoms with E-state index in [-0.39, 0.29) is 5.17 Å². The lowest BCUT2D eigenvalue weighted by Crippen LogP contribution is -2.49. The maximum atomic E-state index is 11.1. The van der Waals surface area contributed by atoms with Crippen LogP contribution in [0.3, 0.4) is 0 Å². The lowest BCUT2D eigenvalue weighted by atomic mass is 9.98. The number of amidine groups is 1. The van der Waals surface area contributed by atoms with Crippen molar-refractivity contribution in [2.75, 3.05) is 0 Å². The number of thioether (sulfide) groups is 1. The van der Waals surface area contributed by atoms with Gasteiger partial charge in [-0.05, 0) is 27.7 Å². The Labute approximate surface area is 88.7 Å². The molecule has 0 bridgehead atoms. The van der Waals surface area contributed by atoms with Crippen LogP contribution < -0.4 is 5.73 Å². The van der Waals surface area contributed by atoms with E-state index in [0.717, 1.165) is 11.8 Å². The third kappa shape index (κ3) is 2.61. The fourth-order valence-electron chi connectivity index (χ4n) is 0.708. The molecule has 4 N–H and O–H groups in total. The molecule has 0 spiro atoms. The summed E-state index contributed by atoms with van der Waals surface area (Å²) in [5.41, 5.74) is 5.19. The molecule has 0 aromatic carbocycles. The highest BCUT2D eigenvalue weighted by Gasteiger charge is 2.48. The first-order valence-corrected chi connectivity index (χ1v) is 6.17. The minimum atomic E-state index is -4.18. The Hall–Kier alpha value is -0.270. The van der Waals surface area contributed by atoms with Gasteiger partial charge >= 0.3 is 0 Å². The molecule has 0 heterocycles. The van der Waals surface area contributed by atoms with Crippen molar-refractivity contribution in [1.82, 2.24) is 0 Å². The van der Waals surface area contributed by atoms with Crippen molar-refractivity contribution in [2.24, 2.45) is 5.73 Å². The second-order valence-electron chi connectivity index (χ2n) is 3.96. The van der Waals surface area contributed by atoms with E-state index in [1.165, 1.54) is 13.8 Å². The highest BCUT2D eigenvalue weighted by Crippen LogP contribution is 2.39. The van der Waals surface area contributed by atoms with Crippen LogP contribution in [-0.4, -0.2) is 27.6 Å². The van der Waals surface area contributed by atoms with Crippen molar-refractivity contribution in [1.29, 1.82) is 5.41 Å². The zero-order chi connectivity index (χ0) is 11.8. The van der Waals surface area contributed by atoms with Gasteiger partial charge < -0.3 is 5.73 Å². The minimum absolute atomic E-state index is 0.174. The largest absolute Gasteiger partial charge is 0.379 e. The van der Waals surface area contributed by atoms with E-state index in [9.17, 15) is 8.42 Å². The van der Waals surface area contributed by atoms with Gasteiger partial charge in [0.15, 0.2) is 5.17 Å². The van der Waals surface area contributed by atoms with Crippen LogP contribution in [0, 0.1) is 5.41 Å². The van der Waals surface area contributed by atoms with Gasteiger partial charge in [0.1, 0.15) is 4.75 Å². The second kappa shape index (κ2) is 3.71. The predicted octanol–water partition coefficient (Wildman–Crippen LogP) is 1.06. The molecule has 7 heteroatoms. The highest BCUT2D eigenvalue weighted by molar-refractivity contribution is 8.15. The number of hydrogen-bond donors (Lipinski definition) is 3. The van der Waals surface area contributed by atoms with E-state index in [1.54, 1.807) is 13.8 Å². The molecule has 84 valence electrons. The Morgan fingerprint density at radius 1 is 1.36 bits per heavy atom. The Balaban J connectivity index is 5.18.